The van der Waals surface area contributed by atoms with Crippen LogP contribution < -0.4 is 5.32 Å². The number of rotatable bonds is 4. The van der Waals surface area contributed by atoms with Gasteiger partial charge in [0.1, 0.15) is 6.07 Å². The van der Waals surface area contributed by atoms with Crippen LogP contribution in [0.4, 0.5) is 5.69 Å². The molecule has 24 heavy (non-hydrogen) atoms. The molecule has 2 aromatic rings. The maximum absolute atomic E-state index is 11.8. The van der Waals surface area contributed by atoms with Gasteiger partial charge in [0.2, 0.25) is 0 Å². The highest BCUT2D eigenvalue weighted by atomic mass is 35.5. The van der Waals surface area contributed by atoms with Crippen LogP contribution in [0.15, 0.2) is 42.5 Å². The second-order valence-electron chi connectivity index (χ2n) is 4.62. The average Bonchev–Trinajstić information content (AvgIpc) is 2.60. The van der Waals surface area contributed by atoms with Gasteiger partial charge in [-0.15, -0.1) is 0 Å². The molecular weight excluding hydrogens is 330 g/mol. The van der Waals surface area contributed by atoms with Crippen LogP contribution in [0.25, 0.3) is 0 Å². The molecule has 1 amide bonds. The molecule has 0 unspecified atom stereocenters. The molecule has 0 saturated carbocycles. The molecular formula is C17H10ClN3O3. The molecule has 0 aliphatic rings. The number of benzene rings is 2. The van der Waals surface area contributed by atoms with Crippen molar-refractivity contribution in [1.29, 1.82) is 10.5 Å². The summed E-state index contributed by atoms with van der Waals surface area (Å²) in [6, 6.07) is 14.1. The number of halogens is 1. The van der Waals surface area contributed by atoms with E-state index in [4.69, 9.17) is 26.9 Å². The van der Waals surface area contributed by atoms with E-state index in [9.17, 15) is 9.59 Å². The average molecular weight is 340 g/mol. The fourth-order valence-corrected chi connectivity index (χ4v) is 2.00. The van der Waals surface area contributed by atoms with Gasteiger partial charge < -0.3 is 10.1 Å². The fourth-order valence-electron chi connectivity index (χ4n) is 1.78. The number of ether oxygens (including phenoxy) is 1. The lowest BCUT2D eigenvalue weighted by molar-refractivity contribution is -0.119. The summed E-state index contributed by atoms with van der Waals surface area (Å²) in [4.78, 5) is 23.6. The minimum absolute atomic E-state index is 0.213. The molecule has 0 heterocycles. The van der Waals surface area contributed by atoms with E-state index >= 15 is 0 Å². The number of anilines is 1. The third kappa shape index (κ3) is 4.33. The largest absolute Gasteiger partial charge is 0.452 e. The molecule has 0 bridgehead atoms. The number of nitrogens with one attached hydrogen (secondary N) is 1. The third-order valence-electron chi connectivity index (χ3n) is 2.96. The van der Waals surface area contributed by atoms with Crippen LogP contribution in [0.1, 0.15) is 21.5 Å². The van der Waals surface area contributed by atoms with E-state index < -0.39 is 18.5 Å². The highest BCUT2D eigenvalue weighted by Crippen LogP contribution is 2.20. The molecule has 1 N–H and O–H groups in total. The number of nitrogens with zero attached hydrogens (tertiary/aromatic N) is 2. The van der Waals surface area contributed by atoms with Crippen molar-refractivity contribution in [2.75, 3.05) is 11.9 Å². The van der Waals surface area contributed by atoms with Gasteiger partial charge in [-0.2, -0.15) is 10.5 Å². The molecule has 0 radical (unpaired) electrons. The highest BCUT2D eigenvalue weighted by Gasteiger charge is 2.11. The molecule has 0 saturated heterocycles. The molecule has 0 spiro atoms. The van der Waals surface area contributed by atoms with Crippen molar-refractivity contribution >= 4 is 29.2 Å². The monoisotopic (exact) mass is 339 g/mol. The van der Waals surface area contributed by atoms with Crippen LogP contribution in [0, 0.1) is 22.7 Å². The van der Waals surface area contributed by atoms with E-state index in [-0.39, 0.29) is 10.6 Å². The number of esters is 1. The van der Waals surface area contributed by atoms with E-state index in [2.05, 4.69) is 5.32 Å². The van der Waals surface area contributed by atoms with Crippen LogP contribution in [0.5, 0.6) is 0 Å². The molecule has 0 aromatic heterocycles. The van der Waals surface area contributed by atoms with Crippen molar-refractivity contribution in [2.24, 2.45) is 0 Å². The van der Waals surface area contributed by atoms with Crippen LogP contribution in [0.2, 0.25) is 5.02 Å². The molecule has 118 valence electrons. The molecule has 0 aliphatic carbocycles. The Bertz CT molecular complexity index is 864. The Labute approximate surface area is 142 Å². The van der Waals surface area contributed by atoms with Crippen molar-refractivity contribution in [3.8, 4) is 12.1 Å². The minimum Gasteiger partial charge on any atom is -0.452 e. The SMILES string of the molecule is N#Cc1ccc(C(=O)OCC(=O)Nc2ccc(C#N)c(Cl)c2)cc1. The Balaban J connectivity index is 1.90. The normalized spacial score (nSPS) is 9.46. The quantitative estimate of drug-likeness (QED) is 0.862. The maximum Gasteiger partial charge on any atom is 0.338 e. The fraction of sp³-hybridized carbons (Fsp3) is 0.0588. The summed E-state index contributed by atoms with van der Waals surface area (Å²) in [7, 11) is 0. The van der Waals surface area contributed by atoms with Gasteiger partial charge >= 0.3 is 5.97 Å². The summed E-state index contributed by atoms with van der Waals surface area (Å²) < 4.78 is 4.89. The molecule has 0 atom stereocenters. The predicted octanol–water partition coefficient (Wildman–Crippen LogP) is 2.88. The van der Waals surface area contributed by atoms with Gasteiger partial charge in [-0.3, -0.25) is 4.79 Å². The van der Waals surface area contributed by atoms with Gasteiger partial charge in [-0.1, -0.05) is 11.6 Å². The molecule has 7 heteroatoms. The number of carbonyl (C=O) groups excluding carboxylic acids is 2. The van der Waals surface area contributed by atoms with Gasteiger partial charge in [0.15, 0.2) is 6.61 Å². The van der Waals surface area contributed by atoms with Gasteiger partial charge in [-0.05, 0) is 42.5 Å². The zero-order chi connectivity index (χ0) is 17.5. The third-order valence-corrected chi connectivity index (χ3v) is 3.27. The lowest BCUT2D eigenvalue weighted by atomic mass is 10.1. The number of amides is 1. The summed E-state index contributed by atoms with van der Waals surface area (Å²) >= 11 is 5.86. The van der Waals surface area contributed by atoms with Crippen LogP contribution in [0.3, 0.4) is 0 Å². The van der Waals surface area contributed by atoms with E-state index in [1.165, 1.54) is 42.5 Å². The predicted molar refractivity (Wildman–Crippen MR) is 86.2 cm³/mol. The zero-order valence-electron chi connectivity index (χ0n) is 12.2. The van der Waals surface area contributed by atoms with Crippen LogP contribution in [-0.2, 0) is 9.53 Å². The Morgan fingerprint density at radius 1 is 1.08 bits per heavy atom. The Hall–Kier alpha value is -3.35. The Kier molecular flexibility index (Phi) is 5.51. The second-order valence-corrected chi connectivity index (χ2v) is 5.03. The lowest BCUT2D eigenvalue weighted by Gasteiger charge is -2.07. The number of hydrogen-bond acceptors (Lipinski definition) is 5. The first-order valence-electron chi connectivity index (χ1n) is 6.70. The topological polar surface area (TPSA) is 103 Å². The summed E-state index contributed by atoms with van der Waals surface area (Å²) in [5.74, 6) is -1.22. The zero-order valence-corrected chi connectivity index (χ0v) is 13.0. The van der Waals surface area contributed by atoms with Crippen LogP contribution >= 0.6 is 11.6 Å². The Morgan fingerprint density at radius 2 is 1.79 bits per heavy atom. The van der Waals surface area contributed by atoms with E-state index in [1.54, 1.807) is 0 Å². The molecule has 0 aliphatic heterocycles. The Morgan fingerprint density at radius 3 is 2.38 bits per heavy atom. The summed E-state index contributed by atoms with van der Waals surface area (Å²) in [5.41, 5.74) is 1.34. The van der Waals surface area contributed by atoms with Crippen molar-refractivity contribution < 1.29 is 14.3 Å². The van der Waals surface area contributed by atoms with E-state index in [0.29, 0.717) is 16.8 Å². The van der Waals surface area contributed by atoms with E-state index in [1.807, 2.05) is 12.1 Å². The van der Waals surface area contributed by atoms with Gasteiger partial charge in [0.05, 0.1) is 27.8 Å². The van der Waals surface area contributed by atoms with Crippen LogP contribution in [-0.4, -0.2) is 18.5 Å². The first-order valence-corrected chi connectivity index (χ1v) is 7.08. The summed E-state index contributed by atoms with van der Waals surface area (Å²) in [5, 5.41) is 20.2. The molecule has 2 rings (SSSR count). The highest BCUT2D eigenvalue weighted by molar-refractivity contribution is 6.32. The molecule has 6 nitrogen and oxygen atoms in total. The van der Waals surface area contributed by atoms with Crippen molar-refractivity contribution in [3.63, 3.8) is 0 Å². The number of nitriles is 2. The van der Waals surface area contributed by atoms with E-state index in [0.717, 1.165) is 0 Å². The first-order chi connectivity index (χ1) is 11.5. The van der Waals surface area contributed by atoms with Crippen molar-refractivity contribution in [1.82, 2.24) is 0 Å². The van der Waals surface area contributed by atoms with Gasteiger partial charge in [-0.25, -0.2) is 4.79 Å². The number of carbonyl (C=O) groups is 2. The maximum atomic E-state index is 11.8. The number of hydrogen-bond donors (Lipinski definition) is 1. The van der Waals surface area contributed by atoms with Gasteiger partial charge in [0.25, 0.3) is 5.91 Å². The smallest absolute Gasteiger partial charge is 0.338 e. The lowest BCUT2D eigenvalue weighted by Crippen LogP contribution is -2.20. The second kappa shape index (κ2) is 7.77. The van der Waals surface area contributed by atoms with Gasteiger partial charge in [0, 0.05) is 5.69 Å². The standard InChI is InChI=1S/C17H10ClN3O3/c18-15-7-14(6-5-13(15)9-20)21-16(22)10-24-17(23)12-3-1-11(8-19)2-4-12/h1-7H,10H2,(H,21,22). The minimum atomic E-state index is -0.674. The first kappa shape index (κ1) is 17.0. The summed E-state index contributed by atoms with van der Waals surface area (Å²) in [6.07, 6.45) is 0. The summed E-state index contributed by atoms with van der Waals surface area (Å²) in [6.45, 7) is -0.476. The molecule has 2 aromatic carbocycles. The molecule has 0 fully saturated rings. The van der Waals surface area contributed by atoms with Crippen molar-refractivity contribution in [3.05, 3.63) is 64.2 Å². The van der Waals surface area contributed by atoms with Crippen molar-refractivity contribution in [2.45, 2.75) is 0 Å².